The summed E-state index contributed by atoms with van der Waals surface area (Å²) in [7, 11) is 0. The number of aryl methyl sites for hydroxylation is 1. The minimum Gasteiger partial charge on any atom is -0.353 e. The Morgan fingerprint density at radius 3 is 2.69 bits per heavy atom. The molecule has 4 rings (SSSR count). The number of anilines is 1. The molecule has 3 heterocycles. The lowest BCUT2D eigenvalue weighted by atomic mass is 10.0. The summed E-state index contributed by atoms with van der Waals surface area (Å²) in [5.41, 5.74) is -0.389. The summed E-state index contributed by atoms with van der Waals surface area (Å²) < 4.78 is 41.1. The van der Waals surface area contributed by atoms with Gasteiger partial charge in [0.1, 0.15) is 11.5 Å². The van der Waals surface area contributed by atoms with Crippen LogP contribution >= 0.6 is 11.6 Å². The van der Waals surface area contributed by atoms with Crippen LogP contribution in [-0.4, -0.2) is 35.4 Å². The number of pyridine rings is 2. The van der Waals surface area contributed by atoms with Gasteiger partial charge in [-0.25, -0.2) is 4.98 Å². The highest BCUT2D eigenvalue weighted by Crippen LogP contribution is 2.34. The van der Waals surface area contributed by atoms with Crippen LogP contribution in [0.1, 0.15) is 41.8 Å². The molecular weight excluding hydrogens is 441 g/mol. The van der Waals surface area contributed by atoms with Gasteiger partial charge in [-0.05, 0) is 30.7 Å². The molecule has 1 saturated heterocycles. The maximum atomic E-state index is 13.7. The van der Waals surface area contributed by atoms with Crippen molar-refractivity contribution in [3.8, 4) is 0 Å². The Labute approximate surface area is 191 Å². The van der Waals surface area contributed by atoms with Crippen LogP contribution in [0.15, 0.2) is 54.7 Å². The van der Waals surface area contributed by atoms with Gasteiger partial charge in [-0.1, -0.05) is 41.9 Å². The van der Waals surface area contributed by atoms with E-state index in [1.165, 1.54) is 18.3 Å². The lowest BCUT2D eigenvalue weighted by Gasteiger charge is -2.35. The minimum absolute atomic E-state index is 0. The molecule has 0 aliphatic carbocycles. The zero-order valence-electron chi connectivity index (χ0n) is 17.2. The number of alkyl halides is 3. The fourth-order valence-corrected chi connectivity index (χ4v) is 3.92. The quantitative estimate of drug-likeness (QED) is 0.529. The summed E-state index contributed by atoms with van der Waals surface area (Å²) >= 11 is 5.93. The molecule has 1 aromatic carbocycles. The van der Waals surface area contributed by atoms with Crippen molar-refractivity contribution < 1.29 is 20.8 Å². The summed E-state index contributed by atoms with van der Waals surface area (Å²) in [4.78, 5) is 23.2. The van der Waals surface area contributed by atoms with Gasteiger partial charge in [0.2, 0.25) is 5.78 Å². The SMILES string of the molecule is Cc1ncc(Cl)cc1C(=O)c1nc(N2CCNC(c3ccccc3)C2)ccc1C(F)(F)F.[HH].[HH]. The largest absolute Gasteiger partial charge is 0.418 e. The van der Waals surface area contributed by atoms with Crippen molar-refractivity contribution in [2.45, 2.75) is 19.1 Å². The normalized spacial score (nSPS) is 16.8. The number of ketones is 1. The van der Waals surface area contributed by atoms with E-state index in [-0.39, 0.29) is 25.2 Å². The predicted molar refractivity (Wildman–Crippen MR) is 120 cm³/mol. The standard InChI is InChI=1S/C23H20ClF3N4O.2H2/c1-14-17(11-16(24)12-29-14)22(32)21-18(23(25,26)27)7-8-20(30-21)31-10-9-28-19(13-31)15-5-3-2-4-6-15;;/h2-8,11-12,19,28H,9-10,13H2,1H3;2*1H. The molecule has 1 aliphatic heterocycles. The second kappa shape index (κ2) is 8.88. The van der Waals surface area contributed by atoms with Crippen LogP contribution in [0.4, 0.5) is 19.0 Å². The minimum atomic E-state index is -4.73. The van der Waals surface area contributed by atoms with Gasteiger partial charge >= 0.3 is 6.18 Å². The molecule has 1 aliphatic rings. The smallest absolute Gasteiger partial charge is 0.353 e. The maximum absolute atomic E-state index is 13.7. The van der Waals surface area contributed by atoms with E-state index in [4.69, 9.17) is 11.6 Å². The Morgan fingerprint density at radius 2 is 1.97 bits per heavy atom. The molecule has 9 heteroatoms. The first kappa shape index (κ1) is 22.2. The summed E-state index contributed by atoms with van der Waals surface area (Å²) in [5.74, 6) is -0.544. The number of aromatic nitrogens is 2. The van der Waals surface area contributed by atoms with Crippen LogP contribution in [0.2, 0.25) is 5.02 Å². The van der Waals surface area contributed by atoms with Gasteiger partial charge in [0.25, 0.3) is 0 Å². The van der Waals surface area contributed by atoms with Gasteiger partial charge in [0, 0.05) is 46.0 Å². The van der Waals surface area contributed by atoms with Crippen molar-refractivity contribution in [1.29, 1.82) is 0 Å². The number of rotatable bonds is 4. The Kier molecular flexibility index (Phi) is 6.17. The molecule has 32 heavy (non-hydrogen) atoms. The fourth-order valence-electron chi connectivity index (χ4n) is 3.76. The Balaban J connectivity index is 0.00000204. The van der Waals surface area contributed by atoms with Crippen molar-refractivity contribution in [2.75, 3.05) is 24.5 Å². The van der Waals surface area contributed by atoms with Gasteiger partial charge < -0.3 is 10.2 Å². The van der Waals surface area contributed by atoms with E-state index in [0.717, 1.165) is 11.6 Å². The van der Waals surface area contributed by atoms with Gasteiger partial charge in [-0.2, -0.15) is 13.2 Å². The molecule has 1 atom stereocenters. The lowest BCUT2D eigenvalue weighted by Crippen LogP contribution is -2.46. The molecular formula is C23H24ClF3N4O. The van der Waals surface area contributed by atoms with Crippen molar-refractivity contribution in [3.63, 3.8) is 0 Å². The molecule has 2 aromatic heterocycles. The molecule has 170 valence electrons. The van der Waals surface area contributed by atoms with Crippen LogP contribution in [0.5, 0.6) is 0 Å². The van der Waals surface area contributed by atoms with Crippen LogP contribution in [0, 0.1) is 6.92 Å². The second-order valence-corrected chi connectivity index (χ2v) is 7.98. The van der Waals surface area contributed by atoms with Gasteiger partial charge in [-0.3, -0.25) is 9.78 Å². The highest BCUT2D eigenvalue weighted by Gasteiger charge is 2.37. The average molecular weight is 465 g/mol. The van der Waals surface area contributed by atoms with Crippen LogP contribution in [0.25, 0.3) is 0 Å². The lowest BCUT2D eigenvalue weighted by molar-refractivity contribution is -0.138. The molecule has 1 N–H and O–H groups in total. The zero-order chi connectivity index (χ0) is 22.9. The Morgan fingerprint density at radius 1 is 1.22 bits per heavy atom. The summed E-state index contributed by atoms with van der Waals surface area (Å²) in [6.45, 7) is 3.23. The molecule has 5 nitrogen and oxygen atoms in total. The molecule has 0 spiro atoms. The third-order valence-corrected chi connectivity index (χ3v) is 5.61. The van der Waals surface area contributed by atoms with E-state index < -0.39 is 23.2 Å². The zero-order valence-corrected chi connectivity index (χ0v) is 17.9. The summed E-state index contributed by atoms with van der Waals surface area (Å²) in [6, 6.07) is 13.3. The van der Waals surface area contributed by atoms with E-state index in [1.807, 2.05) is 35.2 Å². The van der Waals surface area contributed by atoms with Crippen LogP contribution in [0.3, 0.4) is 0 Å². The van der Waals surface area contributed by atoms with Crippen molar-refractivity contribution in [3.05, 3.63) is 87.8 Å². The van der Waals surface area contributed by atoms with Crippen LogP contribution < -0.4 is 10.2 Å². The Bertz CT molecular complexity index is 1150. The van der Waals surface area contributed by atoms with Crippen molar-refractivity contribution in [1.82, 2.24) is 15.3 Å². The van der Waals surface area contributed by atoms with E-state index in [9.17, 15) is 18.0 Å². The summed E-state index contributed by atoms with van der Waals surface area (Å²) in [6.07, 6.45) is -3.39. The molecule has 3 aromatic rings. The van der Waals surface area contributed by atoms with E-state index in [0.29, 0.717) is 25.5 Å². The Hall–Kier alpha value is -2.97. The van der Waals surface area contributed by atoms with Gasteiger partial charge in [0.15, 0.2) is 0 Å². The van der Waals surface area contributed by atoms with Crippen molar-refractivity contribution >= 4 is 23.2 Å². The molecule has 0 saturated carbocycles. The number of hydrogen-bond acceptors (Lipinski definition) is 5. The first-order valence-corrected chi connectivity index (χ1v) is 10.4. The number of piperazine rings is 1. The van der Waals surface area contributed by atoms with Gasteiger partial charge in [0.05, 0.1) is 10.6 Å². The second-order valence-electron chi connectivity index (χ2n) is 7.54. The molecule has 0 amide bonds. The van der Waals surface area contributed by atoms with E-state index in [1.54, 1.807) is 6.92 Å². The first-order chi connectivity index (χ1) is 15.2. The third kappa shape index (κ3) is 4.61. The highest BCUT2D eigenvalue weighted by atomic mass is 35.5. The van der Waals surface area contributed by atoms with Gasteiger partial charge in [-0.15, -0.1) is 0 Å². The third-order valence-electron chi connectivity index (χ3n) is 5.40. The number of halogens is 4. The summed E-state index contributed by atoms with van der Waals surface area (Å²) in [5, 5.41) is 3.57. The molecule has 0 radical (unpaired) electrons. The number of nitrogens with zero attached hydrogens (tertiary/aromatic N) is 3. The number of carbonyl (C=O) groups is 1. The number of benzene rings is 1. The number of carbonyl (C=O) groups excluding carboxylic acids is 1. The van der Waals surface area contributed by atoms with E-state index in [2.05, 4.69) is 15.3 Å². The molecule has 1 unspecified atom stereocenters. The van der Waals surface area contributed by atoms with E-state index >= 15 is 0 Å². The number of nitrogens with one attached hydrogen (secondary N) is 1. The fraction of sp³-hybridized carbons (Fsp3) is 0.261. The first-order valence-electron chi connectivity index (χ1n) is 10.0. The number of hydrogen-bond donors (Lipinski definition) is 1. The predicted octanol–water partition coefficient (Wildman–Crippen LogP) is 5.33. The maximum Gasteiger partial charge on any atom is 0.418 e. The monoisotopic (exact) mass is 464 g/mol. The highest BCUT2D eigenvalue weighted by molar-refractivity contribution is 6.31. The topological polar surface area (TPSA) is 58.1 Å². The molecule has 0 bridgehead atoms. The van der Waals surface area contributed by atoms with Crippen LogP contribution in [-0.2, 0) is 6.18 Å². The average Bonchev–Trinajstić information content (AvgIpc) is 2.80. The van der Waals surface area contributed by atoms with Crippen molar-refractivity contribution in [2.24, 2.45) is 0 Å². The molecule has 1 fully saturated rings.